The second-order valence-electron chi connectivity index (χ2n) is 6.31. The number of carbonyl (C=O) groups is 1. The van der Waals surface area contributed by atoms with Gasteiger partial charge in [0.15, 0.2) is 5.13 Å². The quantitative estimate of drug-likeness (QED) is 0.841. The molecule has 0 spiro atoms. The number of para-hydroxylation sites is 1. The topological polar surface area (TPSA) is 45.7 Å². The van der Waals surface area contributed by atoms with Crippen molar-refractivity contribution >= 4 is 22.4 Å². The van der Waals surface area contributed by atoms with Crippen molar-refractivity contribution in [1.29, 1.82) is 0 Å². The predicted octanol–water partition coefficient (Wildman–Crippen LogP) is 2.67. The molecule has 2 aliphatic heterocycles. The number of hydrogen-bond acceptors (Lipinski definition) is 5. The van der Waals surface area contributed by atoms with Gasteiger partial charge in [-0.1, -0.05) is 18.2 Å². The molecule has 24 heavy (non-hydrogen) atoms. The summed E-state index contributed by atoms with van der Waals surface area (Å²) in [6, 6.07) is 7.92. The number of carbonyl (C=O) groups excluding carboxylic acids is 1. The van der Waals surface area contributed by atoms with Crippen LogP contribution in [0, 0.1) is 6.92 Å². The number of fused-ring (bicyclic) bond motifs is 1. The van der Waals surface area contributed by atoms with E-state index in [1.165, 1.54) is 0 Å². The smallest absolute Gasteiger partial charge is 0.230 e. The van der Waals surface area contributed by atoms with Crippen molar-refractivity contribution in [3.05, 3.63) is 40.9 Å². The van der Waals surface area contributed by atoms with Crippen LogP contribution in [0.1, 0.15) is 23.6 Å². The molecule has 1 saturated heterocycles. The van der Waals surface area contributed by atoms with Gasteiger partial charge in [0, 0.05) is 37.1 Å². The molecule has 1 fully saturated rings. The number of aryl methyl sites for hydroxylation is 1. The molecule has 6 heteroatoms. The Morgan fingerprint density at radius 3 is 2.79 bits per heavy atom. The van der Waals surface area contributed by atoms with Gasteiger partial charge in [0.2, 0.25) is 5.91 Å². The summed E-state index contributed by atoms with van der Waals surface area (Å²) in [6.07, 6.45) is 0.766. The Labute approximate surface area is 145 Å². The number of amides is 1. The van der Waals surface area contributed by atoms with Gasteiger partial charge in [-0.2, -0.15) is 0 Å². The van der Waals surface area contributed by atoms with Gasteiger partial charge < -0.3 is 14.5 Å². The number of piperazine rings is 1. The Morgan fingerprint density at radius 2 is 2.04 bits per heavy atom. The van der Waals surface area contributed by atoms with Gasteiger partial charge in [0.25, 0.3) is 0 Å². The second-order valence-corrected chi connectivity index (χ2v) is 7.15. The lowest BCUT2D eigenvalue weighted by molar-refractivity contribution is -0.133. The van der Waals surface area contributed by atoms with Crippen molar-refractivity contribution in [2.45, 2.75) is 19.3 Å². The third-order valence-corrected chi connectivity index (χ3v) is 5.74. The first kappa shape index (κ1) is 15.4. The zero-order valence-corrected chi connectivity index (χ0v) is 14.6. The molecule has 0 saturated carbocycles. The van der Waals surface area contributed by atoms with Crippen LogP contribution in [0.25, 0.3) is 0 Å². The molecule has 1 aromatic carbocycles. The Bertz CT molecular complexity index is 737. The fourth-order valence-electron chi connectivity index (χ4n) is 3.42. The molecule has 0 bridgehead atoms. The standard InChI is InChI=1S/C18H21N3O2S/c1-13-12-24-18(19-13)21-9-7-20(8-10-21)17(22)15-6-11-23-16-5-3-2-4-14(15)16/h2-5,12,15H,6-11H2,1H3/t15-/m0/s1. The summed E-state index contributed by atoms with van der Waals surface area (Å²) in [5, 5.41) is 3.14. The number of benzene rings is 1. The van der Waals surface area contributed by atoms with Crippen LogP contribution < -0.4 is 9.64 Å². The van der Waals surface area contributed by atoms with E-state index in [9.17, 15) is 4.79 Å². The Balaban J connectivity index is 1.44. The number of rotatable bonds is 2. The van der Waals surface area contributed by atoms with Gasteiger partial charge in [-0.05, 0) is 19.4 Å². The van der Waals surface area contributed by atoms with Crippen LogP contribution in [-0.4, -0.2) is 48.6 Å². The molecule has 3 heterocycles. The third-order valence-electron chi connectivity index (χ3n) is 4.73. The number of nitrogens with zero attached hydrogens (tertiary/aromatic N) is 3. The van der Waals surface area contributed by atoms with E-state index in [1.54, 1.807) is 11.3 Å². The maximum Gasteiger partial charge on any atom is 0.230 e. The van der Waals surface area contributed by atoms with E-state index in [4.69, 9.17) is 4.74 Å². The normalized spacial score (nSPS) is 20.5. The lowest BCUT2D eigenvalue weighted by atomic mass is 9.91. The van der Waals surface area contributed by atoms with E-state index >= 15 is 0 Å². The molecule has 2 aromatic rings. The van der Waals surface area contributed by atoms with Crippen molar-refractivity contribution in [1.82, 2.24) is 9.88 Å². The lowest BCUT2D eigenvalue weighted by Gasteiger charge is -2.37. The lowest BCUT2D eigenvalue weighted by Crippen LogP contribution is -2.50. The van der Waals surface area contributed by atoms with Crippen LogP contribution in [-0.2, 0) is 4.79 Å². The molecular weight excluding hydrogens is 322 g/mol. The minimum absolute atomic E-state index is 0.0661. The van der Waals surface area contributed by atoms with Crippen LogP contribution in [0.3, 0.4) is 0 Å². The fourth-order valence-corrected chi connectivity index (χ4v) is 4.28. The van der Waals surface area contributed by atoms with E-state index in [-0.39, 0.29) is 11.8 Å². The number of anilines is 1. The largest absolute Gasteiger partial charge is 0.493 e. The molecule has 2 aliphatic rings. The fraction of sp³-hybridized carbons (Fsp3) is 0.444. The van der Waals surface area contributed by atoms with Crippen molar-refractivity contribution in [2.24, 2.45) is 0 Å². The molecule has 0 radical (unpaired) electrons. The first-order valence-corrected chi connectivity index (χ1v) is 9.28. The van der Waals surface area contributed by atoms with Crippen LogP contribution in [0.4, 0.5) is 5.13 Å². The predicted molar refractivity (Wildman–Crippen MR) is 94.9 cm³/mol. The van der Waals surface area contributed by atoms with Gasteiger partial charge in [-0.3, -0.25) is 4.79 Å². The van der Waals surface area contributed by atoms with Crippen molar-refractivity contribution in [2.75, 3.05) is 37.7 Å². The molecule has 0 aliphatic carbocycles. The van der Waals surface area contributed by atoms with E-state index in [0.29, 0.717) is 6.61 Å². The van der Waals surface area contributed by atoms with Crippen molar-refractivity contribution < 1.29 is 9.53 Å². The zero-order chi connectivity index (χ0) is 16.5. The molecule has 1 aromatic heterocycles. The summed E-state index contributed by atoms with van der Waals surface area (Å²) in [5.74, 6) is 1.03. The van der Waals surface area contributed by atoms with E-state index in [2.05, 4.69) is 15.3 Å². The van der Waals surface area contributed by atoms with E-state index in [1.807, 2.05) is 36.1 Å². The highest BCUT2D eigenvalue weighted by Crippen LogP contribution is 2.35. The first-order valence-electron chi connectivity index (χ1n) is 8.40. The van der Waals surface area contributed by atoms with Crippen LogP contribution >= 0.6 is 11.3 Å². The second kappa shape index (κ2) is 6.43. The van der Waals surface area contributed by atoms with Crippen molar-refractivity contribution in [3.63, 3.8) is 0 Å². The molecular formula is C18H21N3O2S. The van der Waals surface area contributed by atoms with Gasteiger partial charge in [-0.25, -0.2) is 4.98 Å². The number of ether oxygens (including phenoxy) is 1. The van der Waals surface area contributed by atoms with Gasteiger partial charge in [0.1, 0.15) is 5.75 Å². The van der Waals surface area contributed by atoms with Crippen molar-refractivity contribution in [3.8, 4) is 5.75 Å². The molecule has 4 rings (SSSR count). The summed E-state index contributed by atoms with van der Waals surface area (Å²) >= 11 is 1.68. The zero-order valence-electron chi connectivity index (χ0n) is 13.8. The average Bonchev–Trinajstić information content (AvgIpc) is 3.07. The SMILES string of the molecule is Cc1csc(N2CCN(C(=O)[C@H]3CCOc4ccccc43)CC2)n1. The first-order chi connectivity index (χ1) is 11.7. The summed E-state index contributed by atoms with van der Waals surface area (Å²) < 4.78 is 5.68. The molecule has 126 valence electrons. The highest BCUT2D eigenvalue weighted by Gasteiger charge is 2.32. The Kier molecular flexibility index (Phi) is 4.14. The minimum atomic E-state index is -0.0661. The number of hydrogen-bond donors (Lipinski definition) is 0. The summed E-state index contributed by atoms with van der Waals surface area (Å²) in [5.41, 5.74) is 2.10. The average molecular weight is 343 g/mol. The van der Waals surface area contributed by atoms with Gasteiger partial charge in [-0.15, -0.1) is 11.3 Å². The molecule has 1 atom stereocenters. The van der Waals surface area contributed by atoms with E-state index in [0.717, 1.165) is 54.7 Å². The maximum atomic E-state index is 13.0. The van der Waals surface area contributed by atoms with Gasteiger partial charge >= 0.3 is 0 Å². The summed E-state index contributed by atoms with van der Waals surface area (Å²) in [4.78, 5) is 21.8. The number of thiazole rings is 1. The molecule has 0 unspecified atom stereocenters. The van der Waals surface area contributed by atoms with Gasteiger partial charge in [0.05, 0.1) is 18.2 Å². The highest BCUT2D eigenvalue weighted by molar-refractivity contribution is 7.13. The summed E-state index contributed by atoms with van der Waals surface area (Å²) in [7, 11) is 0. The highest BCUT2D eigenvalue weighted by atomic mass is 32.1. The Morgan fingerprint density at radius 1 is 1.25 bits per heavy atom. The monoisotopic (exact) mass is 343 g/mol. The molecule has 1 amide bonds. The van der Waals surface area contributed by atoms with Crippen LogP contribution in [0.5, 0.6) is 5.75 Å². The minimum Gasteiger partial charge on any atom is -0.493 e. The molecule has 0 N–H and O–H groups in total. The van der Waals surface area contributed by atoms with E-state index < -0.39 is 0 Å². The van der Waals surface area contributed by atoms with Crippen LogP contribution in [0.15, 0.2) is 29.6 Å². The maximum absolute atomic E-state index is 13.0. The molecule has 5 nitrogen and oxygen atoms in total. The summed E-state index contributed by atoms with van der Waals surface area (Å²) in [6.45, 7) is 5.86. The van der Waals surface area contributed by atoms with Crippen LogP contribution in [0.2, 0.25) is 0 Å². The number of aromatic nitrogens is 1. The Hall–Kier alpha value is -2.08. The third kappa shape index (κ3) is 2.86.